The van der Waals surface area contributed by atoms with Gasteiger partial charge in [-0.2, -0.15) is 0 Å². The molecule has 0 aromatic heterocycles. The van der Waals surface area contributed by atoms with E-state index in [1.54, 1.807) is 0 Å². The van der Waals surface area contributed by atoms with Crippen LogP contribution in [0, 0.1) is 0 Å². The Kier molecular flexibility index (Phi) is 7.45. The van der Waals surface area contributed by atoms with Gasteiger partial charge in [0.25, 0.3) is 0 Å². The molecule has 0 bridgehead atoms. The largest absolute Gasteiger partial charge is 0.394 e. The van der Waals surface area contributed by atoms with Crippen LogP contribution >= 0.6 is 0 Å². The third kappa shape index (κ3) is 5.68. The van der Waals surface area contributed by atoms with Crippen molar-refractivity contribution in [3.8, 4) is 0 Å². The number of nitrogens with zero attached hydrogens (tertiary/aromatic N) is 2. The molecule has 0 aliphatic carbocycles. The second-order valence-electron chi connectivity index (χ2n) is 6.96. The summed E-state index contributed by atoms with van der Waals surface area (Å²) in [6.07, 6.45) is 3.41. The van der Waals surface area contributed by atoms with Crippen molar-refractivity contribution in [2.45, 2.75) is 64.6 Å². The minimum Gasteiger partial charge on any atom is -0.394 e. The third-order valence-electron chi connectivity index (χ3n) is 4.52. The SMILES string of the molecule is CCC1CN(CCCC(C)(CO)NC(C)C)CCN1C. The van der Waals surface area contributed by atoms with E-state index in [2.05, 4.69) is 49.9 Å². The molecule has 1 aliphatic heterocycles. The highest BCUT2D eigenvalue weighted by atomic mass is 16.3. The maximum atomic E-state index is 9.60. The van der Waals surface area contributed by atoms with Crippen molar-refractivity contribution in [2.24, 2.45) is 0 Å². The molecule has 0 aromatic rings. The minimum atomic E-state index is -0.134. The number of piperazine rings is 1. The number of aliphatic hydroxyl groups excluding tert-OH is 1. The molecule has 1 heterocycles. The number of aliphatic hydroxyl groups is 1. The molecule has 4 heteroatoms. The van der Waals surface area contributed by atoms with Gasteiger partial charge in [-0.05, 0) is 39.8 Å². The van der Waals surface area contributed by atoms with E-state index >= 15 is 0 Å². The lowest BCUT2D eigenvalue weighted by atomic mass is 9.95. The summed E-state index contributed by atoms with van der Waals surface area (Å²) < 4.78 is 0. The van der Waals surface area contributed by atoms with Crippen LogP contribution in [0.3, 0.4) is 0 Å². The zero-order chi connectivity index (χ0) is 15.2. The second-order valence-corrected chi connectivity index (χ2v) is 6.96. The van der Waals surface area contributed by atoms with Gasteiger partial charge in [-0.25, -0.2) is 0 Å². The smallest absolute Gasteiger partial charge is 0.0610 e. The Morgan fingerprint density at radius 3 is 2.60 bits per heavy atom. The summed E-state index contributed by atoms with van der Waals surface area (Å²) in [6, 6.07) is 1.13. The van der Waals surface area contributed by atoms with Crippen molar-refractivity contribution in [3.05, 3.63) is 0 Å². The van der Waals surface area contributed by atoms with Crippen LogP contribution in [0.4, 0.5) is 0 Å². The van der Waals surface area contributed by atoms with E-state index in [4.69, 9.17) is 0 Å². The van der Waals surface area contributed by atoms with E-state index in [9.17, 15) is 5.11 Å². The Balaban J connectivity index is 2.32. The summed E-state index contributed by atoms with van der Waals surface area (Å²) >= 11 is 0. The van der Waals surface area contributed by atoms with Crippen molar-refractivity contribution >= 4 is 0 Å². The first-order valence-corrected chi connectivity index (χ1v) is 8.21. The summed E-state index contributed by atoms with van der Waals surface area (Å²) in [6.45, 7) is 13.6. The van der Waals surface area contributed by atoms with Crippen LogP contribution < -0.4 is 5.32 Å². The Hall–Kier alpha value is -0.160. The molecule has 0 saturated carbocycles. The lowest BCUT2D eigenvalue weighted by molar-refractivity contribution is 0.0866. The molecule has 20 heavy (non-hydrogen) atoms. The van der Waals surface area contributed by atoms with Gasteiger partial charge in [0.05, 0.1) is 6.61 Å². The normalized spacial score (nSPS) is 25.1. The fraction of sp³-hybridized carbons (Fsp3) is 1.00. The van der Waals surface area contributed by atoms with Gasteiger partial charge in [-0.15, -0.1) is 0 Å². The fourth-order valence-corrected chi connectivity index (χ4v) is 3.24. The molecule has 0 radical (unpaired) electrons. The molecular formula is C16H35N3O. The summed E-state index contributed by atoms with van der Waals surface area (Å²) in [5.74, 6) is 0. The lowest BCUT2D eigenvalue weighted by Crippen LogP contribution is -2.52. The average Bonchev–Trinajstić information content (AvgIpc) is 2.40. The first kappa shape index (κ1) is 17.9. The van der Waals surface area contributed by atoms with E-state index in [0.29, 0.717) is 12.1 Å². The molecule has 1 aliphatic rings. The highest BCUT2D eigenvalue weighted by Gasteiger charge is 2.25. The van der Waals surface area contributed by atoms with Gasteiger partial charge in [0.1, 0.15) is 0 Å². The summed E-state index contributed by atoms with van der Waals surface area (Å²) in [5, 5.41) is 13.1. The summed E-state index contributed by atoms with van der Waals surface area (Å²) in [7, 11) is 2.24. The van der Waals surface area contributed by atoms with Crippen LogP contribution in [0.2, 0.25) is 0 Å². The van der Waals surface area contributed by atoms with Crippen LogP contribution in [0.1, 0.15) is 47.0 Å². The van der Waals surface area contributed by atoms with Gasteiger partial charge in [-0.1, -0.05) is 20.8 Å². The van der Waals surface area contributed by atoms with Gasteiger partial charge in [0.2, 0.25) is 0 Å². The summed E-state index contributed by atoms with van der Waals surface area (Å²) in [4.78, 5) is 5.07. The van der Waals surface area contributed by atoms with E-state index < -0.39 is 0 Å². The van der Waals surface area contributed by atoms with Gasteiger partial charge in [0, 0.05) is 37.3 Å². The van der Waals surface area contributed by atoms with Crippen molar-refractivity contribution in [1.29, 1.82) is 0 Å². The predicted molar refractivity (Wildman–Crippen MR) is 86.1 cm³/mol. The zero-order valence-corrected chi connectivity index (χ0v) is 14.2. The number of hydrogen-bond acceptors (Lipinski definition) is 4. The third-order valence-corrected chi connectivity index (χ3v) is 4.52. The first-order valence-electron chi connectivity index (χ1n) is 8.21. The molecule has 1 saturated heterocycles. The molecule has 2 N–H and O–H groups in total. The van der Waals surface area contributed by atoms with E-state index in [0.717, 1.165) is 19.4 Å². The summed E-state index contributed by atoms with van der Waals surface area (Å²) in [5.41, 5.74) is -0.134. The molecule has 120 valence electrons. The minimum absolute atomic E-state index is 0.134. The van der Waals surface area contributed by atoms with Crippen LogP contribution in [0.15, 0.2) is 0 Å². The highest BCUT2D eigenvalue weighted by molar-refractivity contribution is 4.85. The maximum absolute atomic E-state index is 9.60. The molecule has 0 spiro atoms. The van der Waals surface area contributed by atoms with Crippen LogP contribution in [-0.2, 0) is 0 Å². The monoisotopic (exact) mass is 285 g/mol. The zero-order valence-electron chi connectivity index (χ0n) is 14.2. The molecule has 4 nitrogen and oxygen atoms in total. The van der Waals surface area contributed by atoms with Gasteiger partial charge >= 0.3 is 0 Å². The Bertz CT molecular complexity index is 272. The van der Waals surface area contributed by atoms with Crippen molar-refractivity contribution < 1.29 is 5.11 Å². The van der Waals surface area contributed by atoms with E-state index in [-0.39, 0.29) is 12.1 Å². The molecule has 0 aromatic carbocycles. The fourth-order valence-electron chi connectivity index (χ4n) is 3.24. The van der Waals surface area contributed by atoms with Gasteiger partial charge in [0.15, 0.2) is 0 Å². The first-order chi connectivity index (χ1) is 9.40. The average molecular weight is 285 g/mol. The van der Waals surface area contributed by atoms with Gasteiger partial charge in [-0.3, -0.25) is 0 Å². The molecule has 0 amide bonds. The molecule has 1 rings (SSSR count). The number of likely N-dealkylation sites (N-methyl/N-ethyl adjacent to an activating group) is 1. The molecular weight excluding hydrogens is 250 g/mol. The Labute approximate surface area is 125 Å². The molecule has 2 unspecified atom stereocenters. The number of nitrogens with one attached hydrogen (secondary N) is 1. The van der Waals surface area contributed by atoms with E-state index in [1.165, 1.54) is 26.1 Å². The second kappa shape index (κ2) is 8.32. The van der Waals surface area contributed by atoms with Crippen LogP contribution in [-0.4, -0.2) is 72.4 Å². The predicted octanol–water partition coefficient (Wildman–Crippen LogP) is 1.54. The van der Waals surface area contributed by atoms with Crippen LogP contribution in [0.25, 0.3) is 0 Å². The van der Waals surface area contributed by atoms with Crippen molar-refractivity contribution in [1.82, 2.24) is 15.1 Å². The quantitative estimate of drug-likeness (QED) is 0.710. The van der Waals surface area contributed by atoms with E-state index in [1.807, 2.05) is 0 Å². The number of rotatable bonds is 8. The Morgan fingerprint density at radius 1 is 1.35 bits per heavy atom. The standard InChI is InChI=1S/C16H35N3O/c1-6-15-12-19(11-10-18(15)5)9-7-8-16(4,13-20)17-14(2)3/h14-15,17,20H,6-13H2,1-5H3. The van der Waals surface area contributed by atoms with Crippen molar-refractivity contribution in [3.63, 3.8) is 0 Å². The molecule has 2 atom stereocenters. The molecule has 1 fully saturated rings. The number of hydrogen-bond donors (Lipinski definition) is 2. The Morgan fingerprint density at radius 2 is 2.05 bits per heavy atom. The highest BCUT2D eigenvalue weighted by Crippen LogP contribution is 2.16. The van der Waals surface area contributed by atoms with Crippen molar-refractivity contribution in [2.75, 3.05) is 39.8 Å². The maximum Gasteiger partial charge on any atom is 0.0610 e. The van der Waals surface area contributed by atoms with Gasteiger partial charge < -0.3 is 20.2 Å². The van der Waals surface area contributed by atoms with Crippen LogP contribution in [0.5, 0.6) is 0 Å². The lowest BCUT2D eigenvalue weighted by Gasteiger charge is -2.39. The topological polar surface area (TPSA) is 38.7 Å².